The van der Waals surface area contributed by atoms with Gasteiger partial charge < -0.3 is 4.90 Å². The van der Waals surface area contributed by atoms with Crippen molar-refractivity contribution in [2.24, 2.45) is 0 Å². The zero-order valence-electron chi connectivity index (χ0n) is 13.2. The summed E-state index contributed by atoms with van der Waals surface area (Å²) in [5, 5.41) is 9.04. The van der Waals surface area contributed by atoms with Crippen molar-refractivity contribution in [3.8, 4) is 6.07 Å². The second-order valence-electron chi connectivity index (χ2n) is 5.45. The number of benzene rings is 1. The lowest BCUT2D eigenvalue weighted by Gasteiger charge is -2.27. The number of aromatic nitrogens is 2. The summed E-state index contributed by atoms with van der Waals surface area (Å²) in [5.41, 5.74) is 4.95. The monoisotopic (exact) mass is 280 g/mol. The number of anilines is 1. The van der Waals surface area contributed by atoms with Crippen molar-refractivity contribution in [1.29, 1.82) is 5.26 Å². The second kappa shape index (κ2) is 5.92. The summed E-state index contributed by atoms with van der Waals surface area (Å²) in [6, 6.07) is 10.4. The first-order chi connectivity index (χ1) is 9.92. The van der Waals surface area contributed by atoms with Gasteiger partial charge in [-0.2, -0.15) is 5.26 Å². The molecule has 1 atom stereocenters. The van der Waals surface area contributed by atoms with Gasteiger partial charge in [-0.1, -0.05) is 23.8 Å². The van der Waals surface area contributed by atoms with Crippen molar-refractivity contribution < 1.29 is 0 Å². The molecule has 0 aliphatic rings. The van der Waals surface area contributed by atoms with E-state index in [1.54, 1.807) is 6.07 Å². The Hall–Kier alpha value is -2.41. The number of nitriles is 1. The molecule has 0 radical (unpaired) electrons. The van der Waals surface area contributed by atoms with E-state index in [-0.39, 0.29) is 6.04 Å². The Balaban J connectivity index is 2.37. The number of rotatable bonds is 3. The van der Waals surface area contributed by atoms with Crippen LogP contribution in [0.2, 0.25) is 0 Å². The van der Waals surface area contributed by atoms with Gasteiger partial charge in [0.05, 0.1) is 6.04 Å². The third kappa shape index (κ3) is 3.19. The highest BCUT2D eigenvalue weighted by Gasteiger charge is 2.17. The molecule has 0 N–H and O–H groups in total. The maximum absolute atomic E-state index is 9.04. The molecule has 4 heteroatoms. The van der Waals surface area contributed by atoms with Crippen LogP contribution in [0.25, 0.3) is 0 Å². The smallest absolute Gasteiger partial charge is 0.227 e. The van der Waals surface area contributed by atoms with E-state index in [1.807, 2.05) is 18.9 Å². The van der Waals surface area contributed by atoms with Crippen molar-refractivity contribution in [3.05, 3.63) is 52.3 Å². The highest BCUT2D eigenvalue weighted by atomic mass is 15.2. The average Bonchev–Trinajstić information content (AvgIpc) is 2.45. The third-order valence-electron chi connectivity index (χ3n) is 3.73. The van der Waals surface area contributed by atoms with Gasteiger partial charge in [0.1, 0.15) is 11.8 Å². The molecule has 0 spiro atoms. The molecule has 0 aliphatic heterocycles. The van der Waals surface area contributed by atoms with E-state index in [0.717, 1.165) is 5.69 Å². The first kappa shape index (κ1) is 15.0. The highest BCUT2D eigenvalue weighted by Crippen LogP contribution is 2.26. The molecule has 0 saturated heterocycles. The number of hydrogen-bond donors (Lipinski definition) is 0. The Labute approximate surface area is 126 Å². The van der Waals surface area contributed by atoms with Gasteiger partial charge in [0.15, 0.2) is 0 Å². The van der Waals surface area contributed by atoms with Crippen LogP contribution >= 0.6 is 0 Å². The molecular weight excluding hydrogens is 260 g/mol. The van der Waals surface area contributed by atoms with Crippen molar-refractivity contribution >= 4 is 5.95 Å². The van der Waals surface area contributed by atoms with Gasteiger partial charge in [0, 0.05) is 12.7 Å². The Morgan fingerprint density at radius 2 is 1.86 bits per heavy atom. The SMILES string of the molecule is Cc1ccc(C(C)N(C)c2nc(C)cc(C#N)n2)c(C)c1. The van der Waals surface area contributed by atoms with E-state index >= 15 is 0 Å². The number of nitrogens with zero attached hydrogens (tertiary/aromatic N) is 4. The quantitative estimate of drug-likeness (QED) is 0.864. The zero-order valence-corrected chi connectivity index (χ0v) is 13.2. The molecule has 1 unspecified atom stereocenters. The zero-order chi connectivity index (χ0) is 15.6. The third-order valence-corrected chi connectivity index (χ3v) is 3.73. The summed E-state index contributed by atoms with van der Waals surface area (Å²) in [6.07, 6.45) is 0. The predicted octanol–water partition coefficient (Wildman–Crippen LogP) is 3.47. The van der Waals surface area contributed by atoms with Gasteiger partial charge in [0.2, 0.25) is 5.95 Å². The van der Waals surface area contributed by atoms with Crippen molar-refractivity contribution in [3.63, 3.8) is 0 Å². The van der Waals surface area contributed by atoms with Crippen LogP contribution in [0, 0.1) is 32.1 Å². The van der Waals surface area contributed by atoms with Gasteiger partial charge in [-0.05, 0) is 44.9 Å². The fraction of sp³-hybridized carbons (Fsp3) is 0.353. The summed E-state index contributed by atoms with van der Waals surface area (Å²) in [4.78, 5) is 10.7. The van der Waals surface area contributed by atoms with E-state index in [2.05, 4.69) is 55.0 Å². The lowest BCUT2D eigenvalue weighted by Crippen LogP contribution is -2.25. The lowest BCUT2D eigenvalue weighted by molar-refractivity contribution is 0.707. The van der Waals surface area contributed by atoms with E-state index in [0.29, 0.717) is 11.6 Å². The minimum absolute atomic E-state index is 0.138. The van der Waals surface area contributed by atoms with Crippen LogP contribution in [0.3, 0.4) is 0 Å². The normalized spacial score (nSPS) is 11.8. The Morgan fingerprint density at radius 3 is 2.48 bits per heavy atom. The molecule has 0 amide bonds. The van der Waals surface area contributed by atoms with Gasteiger partial charge in [-0.15, -0.1) is 0 Å². The summed E-state index contributed by atoms with van der Waals surface area (Å²) in [5.74, 6) is 0.582. The predicted molar refractivity (Wildman–Crippen MR) is 84.2 cm³/mol. The molecule has 0 saturated carbocycles. The molecule has 1 aromatic carbocycles. The summed E-state index contributed by atoms with van der Waals surface area (Å²) in [7, 11) is 1.96. The molecule has 1 heterocycles. The van der Waals surface area contributed by atoms with Crippen LogP contribution in [-0.2, 0) is 0 Å². The van der Waals surface area contributed by atoms with Crippen molar-refractivity contribution in [2.45, 2.75) is 33.7 Å². The van der Waals surface area contributed by atoms with Gasteiger partial charge in [0.25, 0.3) is 0 Å². The van der Waals surface area contributed by atoms with Crippen molar-refractivity contribution in [2.75, 3.05) is 11.9 Å². The maximum Gasteiger partial charge on any atom is 0.227 e. The summed E-state index contributed by atoms with van der Waals surface area (Å²) >= 11 is 0. The molecule has 2 aromatic rings. The van der Waals surface area contributed by atoms with Crippen LogP contribution < -0.4 is 4.90 Å². The minimum Gasteiger partial charge on any atom is -0.337 e. The molecule has 1 aromatic heterocycles. The fourth-order valence-electron chi connectivity index (χ4n) is 2.44. The minimum atomic E-state index is 0.138. The molecule has 0 bridgehead atoms. The summed E-state index contributed by atoms with van der Waals surface area (Å²) in [6.45, 7) is 8.20. The standard InChI is InChI=1S/C17H20N4/c1-11-6-7-16(12(2)8-11)14(4)21(5)17-19-13(3)9-15(10-18)20-17/h6-9,14H,1-5H3. The summed E-state index contributed by atoms with van der Waals surface area (Å²) < 4.78 is 0. The molecular formula is C17H20N4. The lowest BCUT2D eigenvalue weighted by atomic mass is 10.00. The Morgan fingerprint density at radius 1 is 1.14 bits per heavy atom. The first-order valence-corrected chi connectivity index (χ1v) is 6.98. The van der Waals surface area contributed by atoms with Crippen molar-refractivity contribution in [1.82, 2.24) is 9.97 Å². The van der Waals surface area contributed by atoms with Gasteiger partial charge >= 0.3 is 0 Å². The largest absolute Gasteiger partial charge is 0.337 e. The number of aryl methyl sites for hydroxylation is 3. The number of hydrogen-bond acceptors (Lipinski definition) is 4. The van der Waals surface area contributed by atoms with Crippen LogP contribution in [0.1, 0.15) is 41.0 Å². The van der Waals surface area contributed by atoms with Crippen LogP contribution in [0.4, 0.5) is 5.95 Å². The van der Waals surface area contributed by atoms with E-state index in [4.69, 9.17) is 5.26 Å². The Bertz CT molecular complexity index is 700. The van der Waals surface area contributed by atoms with Crippen LogP contribution in [-0.4, -0.2) is 17.0 Å². The molecule has 21 heavy (non-hydrogen) atoms. The fourth-order valence-corrected chi connectivity index (χ4v) is 2.44. The van der Waals surface area contributed by atoms with E-state index in [9.17, 15) is 0 Å². The van der Waals surface area contributed by atoms with Gasteiger partial charge in [-0.25, -0.2) is 9.97 Å². The van der Waals surface area contributed by atoms with E-state index < -0.39 is 0 Å². The highest BCUT2D eigenvalue weighted by molar-refractivity contribution is 5.41. The molecule has 0 aliphatic carbocycles. The van der Waals surface area contributed by atoms with Crippen LogP contribution in [0.5, 0.6) is 0 Å². The molecule has 0 fully saturated rings. The van der Waals surface area contributed by atoms with E-state index in [1.165, 1.54) is 16.7 Å². The maximum atomic E-state index is 9.04. The Kier molecular flexibility index (Phi) is 4.23. The van der Waals surface area contributed by atoms with Crippen LogP contribution in [0.15, 0.2) is 24.3 Å². The van der Waals surface area contributed by atoms with Gasteiger partial charge in [-0.3, -0.25) is 0 Å². The molecule has 108 valence electrons. The molecule has 4 nitrogen and oxygen atoms in total. The topological polar surface area (TPSA) is 52.8 Å². The second-order valence-corrected chi connectivity index (χ2v) is 5.45. The molecule has 2 rings (SSSR count). The first-order valence-electron chi connectivity index (χ1n) is 6.98. The average molecular weight is 280 g/mol.